The SMILES string of the molecule is Cc1nn(-c2ccccc2)c2c1C=Nc1cc(Cl)ccc1O2. The summed E-state index contributed by atoms with van der Waals surface area (Å²) in [7, 11) is 0. The molecule has 5 heteroatoms. The van der Waals surface area contributed by atoms with E-state index in [1.54, 1.807) is 23.0 Å². The van der Waals surface area contributed by atoms with Gasteiger partial charge in [-0.1, -0.05) is 29.8 Å². The summed E-state index contributed by atoms with van der Waals surface area (Å²) >= 11 is 6.03. The second kappa shape index (κ2) is 5.00. The quantitative estimate of drug-likeness (QED) is 0.511. The van der Waals surface area contributed by atoms with Crippen LogP contribution in [0.3, 0.4) is 0 Å². The molecule has 0 spiro atoms. The minimum atomic E-state index is 0.631. The zero-order valence-electron chi connectivity index (χ0n) is 11.8. The van der Waals surface area contributed by atoms with E-state index in [4.69, 9.17) is 16.3 Å². The molecule has 4 nitrogen and oxygen atoms in total. The van der Waals surface area contributed by atoms with Crippen LogP contribution < -0.4 is 4.74 Å². The van der Waals surface area contributed by atoms with E-state index in [1.165, 1.54) is 0 Å². The Kier molecular flexibility index (Phi) is 2.98. The van der Waals surface area contributed by atoms with Gasteiger partial charge in [-0.3, -0.25) is 4.99 Å². The van der Waals surface area contributed by atoms with Crippen molar-refractivity contribution < 1.29 is 4.74 Å². The lowest BCUT2D eigenvalue weighted by Crippen LogP contribution is -1.99. The van der Waals surface area contributed by atoms with Crippen molar-refractivity contribution in [3.05, 3.63) is 64.8 Å². The number of para-hydroxylation sites is 1. The molecule has 0 aliphatic carbocycles. The van der Waals surface area contributed by atoms with Crippen molar-refractivity contribution >= 4 is 23.5 Å². The summed E-state index contributed by atoms with van der Waals surface area (Å²) in [6.45, 7) is 1.94. The Labute approximate surface area is 132 Å². The average molecular weight is 310 g/mol. The molecule has 0 N–H and O–H groups in total. The molecule has 0 amide bonds. The first-order valence-electron chi connectivity index (χ1n) is 6.89. The number of aromatic nitrogens is 2. The van der Waals surface area contributed by atoms with Gasteiger partial charge in [-0.15, -0.1) is 0 Å². The highest BCUT2D eigenvalue weighted by Gasteiger charge is 2.21. The number of nitrogens with zero attached hydrogens (tertiary/aromatic N) is 3. The average Bonchev–Trinajstić information content (AvgIpc) is 2.72. The summed E-state index contributed by atoms with van der Waals surface area (Å²) < 4.78 is 7.87. The molecule has 0 fully saturated rings. The molecule has 1 aliphatic rings. The van der Waals surface area contributed by atoms with E-state index in [0.717, 1.165) is 16.9 Å². The third kappa shape index (κ3) is 2.09. The molecular weight excluding hydrogens is 298 g/mol. The fourth-order valence-electron chi connectivity index (χ4n) is 2.43. The number of benzene rings is 2. The summed E-state index contributed by atoms with van der Waals surface area (Å²) in [5, 5.41) is 5.20. The lowest BCUT2D eigenvalue weighted by atomic mass is 10.2. The Morgan fingerprint density at radius 3 is 2.73 bits per heavy atom. The second-order valence-electron chi connectivity index (χ2n) is 5.02. The monoisotopic (exact) mass is 309 g/mol. The molecule has 0 atom stereocenters. The largest absolute Gasteiger partial charge is 0.436 e. The van der Waals surface area contributed by atoms with E-state index in [0.29, 0.717) is 22.3 Å². The maximum atomic E-state index is 6.08. The number of halogens is 1. The van der Waals surface area contributed by atoms with Crippen molar-refractivity contribution in [3.8, 4) is 17.3 Å². The summed E-state index contributed by atoms with van der Waals surface area (Å²) in [6.07, 6.45) is 1.78. The summed E-state index contributed by atoms with van der Waals surface area (Å²) in [5.41, 5.74) is 3.39. The van der Waals surface area contributed by atoms with Crippen molar-refractivity contribution in [2.75, 3.05) is 0 Å². The number of aryl methyl sites for hydroxylation is 1. The molecule has 1 aliphatic heterocycles. The molecule has 1 aromatic heterocycles. The number of fused-ring (bicyclic) bond motifs is 2. The van der Waals surface area contributed by atoms with Crippen molar-refractivity contribution in [1.29, 1.82) is 0 Å². The normalized spacial score (nSPS) is 12.3. The Hall–Kier alpha value is -2.59. The van der Waals surface area contributed by atoms with Gasteiger partial charge in [0.05, 0.1) is 16.9 Å². The molecule has 0 radical (unpaired) electrons. The highest BCUT2D eigenvalue weighted by molar-refractivity contribution is 6.30. The highest BCUT2D eigenvalue weighted by Crippen LogP contribution is 2.39. The van der Waals surface area contributed by atoms with Crippen molar-refractivity contribution in [2.45, 2.75) is 6.92 Å². The smallest absolute Gasteiger partial charge is 0.231 e. The third-order valence-electron chi connectivity index (χ3n) is 3.52. The van der Waals surface area contributed by atoms with E-state index < -0.39 is 0 Å². The Bertz CT molecular complexity index is 884. The van der Waals surface area contributed by atoms with Crippen LogP contribution in [0.25, 0.3) is 5.69 Å². The summed E-state index contributed by atoms with van der Waals surface area (Å²) in [6, 6.07) is 15.3. The van der Waals surface area contributed by atoms with E-state index >= 15 is 0 Å². The zero-order valence-corrected chi connectivity index (χ0v) is 12.6. The van der Waals surface area contributed by atoms with E-state index in [2.05, 4.69) is 10.1 Å². The maximum absolute atomic E-state index is 6.08. The van der Waals surface area contributed by atoms with Gasteiger partial charge < -0.3 is 4.74 Å². The lowest BCUT2D eigenvalue weighted by molar-refractivity contribution is 0.446. The lowest BCUT2D eigenvalue weighted by Gasteiger charge is -2.10. The zero-order chi connectivity index (χ0) is 15.1. The van der Waals surface area contributed by atoms with Crippen LogP contribution in [0.15, 0.2) is 53.5 Å². The molecular formula is C17H12ClN3O. The first kappa shape index (κ1) is 13.1. The molecule has 2 aromatic carbocycles. The van der Waals surface area contributed by atoms with Crippen LogP contribution in [0.4, 0.5) is 5.69 Å². The Morgan fingerprint density at radius 1 is 1.09 bits per heavy atom. The van der Waals surface area contributed by atoms with Gasteiger partial charge in [0, 0.05) is 11.2 Å². The highest BCUT2D eigenvalue weighted by atomic mass is 35.5. The van der Waals surface area contributed by atoms with Crippen LogP contribution in [-0.4, -0.2) is 16.0 Å². The van der Waals surface area contributed by atoms with E-state index in [-0.39, 0.29) is 0 Å². The molecule has 22 heavy (non-hydrogen) atoms. The third-order valence-corrected chi connectivity index (χ3v) is 3.76. The second-order valence-corrected chi connectivity index (χ2v) is 5.46. The molecule has 0 unspecified atom stereocenters. The molecule has 4 rings (SSSR count). The molecule has 3 aromatic rings. The summed E-state index contributed by atoms with van der Waals surface area (Å²) in [5.74, 6) is 1.32. The van der Waals surface area contributed by atoms with Crippen molar-refractivity contribution in [1.82, 2.24) is 9.78 Å². The Balaban J connectivity index is 1.90. The maximum Gasteiger partial charge on any atom is 0.231 e. The van der Waals surface area contributed by atoms with Gasteiger partial charge in [0.2, 0.25) is 5.88 Å². The van der Waals surface area contributed by atoms with Gasteiger partial charge in [0.15, 0.2) is 5.75 Å². The number of ether oxygens (including phenoxy) is 1. The minimum Gasteiger partial charge on any atom is -0.436 e. The van der Waals surface area contributed by atoms with Crippen LogP contribution in [0, 0.1) is 6.92 Å². The number of hydrogen-bond acceptors (Lipinski definition) is 3. The standard InChI is InChI=1S/C17H12ClN3O/c1-11-14-10-19-15-9-12(18)7-8-16(15)22-17(14)21(20-11)13-5-3-2-4-6-13/h2-10H,1H3. The molecule has 0 saturated heterocycles. The van der Waals surface area contributed by atoms with Crippen LogP contribution in [0.2, 0.25) is 5.02 Å². The van der Waals surface area contributed by atoms with Gasteiger partial charge >= 0.3 is 0 Å². The predicted molar refractivity (Wildman–Crippen MR) is 87.1 cm³/mol. The van der Waals surface area contributed by atoms with E-state index in [1.807, 2.05) is 43.3 Å². The van der Waals surface area contributed by atoms with Crippen molar-refractivity contribution in [3.63, 3.8) is 0 Å². The fourth-order valence-corrected chi connectivity index (χ4v) is 2.59. The molecule has 0 bridgehead atoms. The number of hydrogen-bond donors (Lipinski definition) is 0. The van der Waals surface area contributed by atoms with Gasteiger partial charge in [-0.25, -0.2) is 0 Å². The summed E-state index contributed by atoms with van der Waals surface area (Å²) in [4.78, 5) is 4.47. The number of rotatable bonds is 1. The van der Waals surface area contributed by atoms with Crippen LogP contribution >= 0.6 is 11.6 Å². The van der Waals surface area contributed by atoms with Crippen LogP contribution in [0.5, 0.6) is 11.6 Å². The molecule has 0 saturated carbocycles. The first-order chi connectivity index (χ1) is 10.7. The Morgan fingerprint density at radius 2 is 1.91 bits per heavy atom. The van der Waals surface area contributed by atoms with Gasteiger partial charge in [-0.2, -0.15) is 9.78 Å². The van der Waals surface area contributed by atoms with Crippen molar-refractivity contribution in [2.24, 2.45) is 4.99 Å². The first-order valence-corrected chi connectivity index (χ1v) is 7.27. The topological polar surface area (TPSA) is 39.4 Å². The minimum absolute atomic E-state index is 0.631. The van der Waals surface area contributed by atoms with E-state index in [9.17, 15) is 0 Å². The van der Waals surface area contributed by atoms with Crippen LogP contribution in [-0.2, 0) is 0 Å². The van der Waals surface area contributed by atoms with Gasteiger partial charge in [-0.05, 0) is 37.3 Å². The van der Waals surface area contributed by atoms with Crippen LogP contribution in [0.1, 0.15) is 11.3 Å². The van der Waals surface area contributed by atoms with Gasteiger partial charge in [0.1, 0.15) is 5.69 Å². The molecule has 108 valence electrons. The predicted octanol–water partition coefficient (Wildman–Crippen LogP) is 4.69. The molecule has 2 heterocycles. The fraction of sp³-hybridized carbons (Fsp3) is 0.0588. The number of aliphatic imine (C=N–C) groups is 1. The van der Waals surface area contributed by atoms with Gasteiger partial charge in [0.25, 0.3) is 0 Å².